The van der Waals surface area contributed by atoms with Crippen LogP contribution in [0.25, 0.3) is 0 Å². The van der Waals surface area contributed by atoms with Crippen LogP contribution in [0, 0.1) is 5.41 Å². The van der Waals surface area contributed by atoms with Gasteiger partial charge in [0, 0.05) is 6.04 Å². The number of rotatable bonds is 9. The van der Waals surface area contributed by atoms with E-state index in [1.807, 2.05) is 30.3 Å². The molecule has 0 amide bonds. The molecule has 0 heterocycles. The smallest absolute Gasteiger partial charge is 0.119 e. The maximum absolute atomic E-state index is 5.74. The minimum Gasteiger partial charge on any atom is -0.494 e. The molecule has 0 spiro atoms. The van der Waals surface area contributed by atoms with E-state index in [0.717, 1.165) is 25.3 Å². The van der Waals surface area contributed by atoms with Gasteiger partial charge in [0.05, 0.1) is 6.61 Å². The highest BCUT2D eigenvalue weighted by molar-refractivity contribution is 5.20. The standard InChI is InChI=1S/C17H29NO/c1-5-18-15(2)14-17(3,4)12-9-13-19-16-10-7-6-8-11-16/h6-8,10-11,15,18H,5,9,12-14H2,1-4H3. The van der Waals surface area contributed by atoms with E-state index in [2.05, 4.69) is 33.0 Å². The molecule has 0 aliphatic heterocycles. The van der Waals surface area contributed by atoms with E-state index in [4.69, 9.17) is 4.74 Å². The molecule has 0 saturated carbocycles. The molecule has 0 fully saturated rings. The predicted octanol–water partition coefficient (Wildman–Crippen LogP) is 4.26. The molecule has 1 rings (SSSR count). The van der Waals surface area contributed by atoms with Gasteiger partial charge in [-0.05, 0) is 50.3 Å². The minimum absolute atomic E-state index is 0.377. The van der Waals surface area contributed by atoms with Crippen LogP contribution in [0.2, 0.25) is 0 Å². The zero-order valence-electron chi connectivity index (χ0n) is 12.9. The summed E-state index contributed by atoms with van der Waals surface area (Å²) in [5.74, 6) is 0.973. The molecule has 0 aromatic heterocycles. The average molecular weight is 263 g/mol. The zero-order valence-corrected chi connectivity index (χ0v) is 12.9. The van der Waals surface area contributed by atoms with Crippen molar-refractivity contribution in [2.24, 2.45) is 5.41 Å². The second kappa shape index (κ2) is 8.21. The van der Waals surface area contributed by atoms with E-state index in [0.29, 0.717) is 11.5 Å². The molecule has 0 saturated heterocycles. The highest BCUT2D eigenvalue weighted by Crippen LogP contribution is 2.28. The first kappa shape index (κ1) is 16.0. The Morgan fingerprint density at radius 2 is 1.89 bits per heavy atom. The monoisotopic (exact) mass is 263 g/mol. The summed E-state index contributed by atoms with van der Waals surface area (Å²) in [6.07, 6.45) is 3.53. The summed E-state index contributed by atoms with van der Waals surface area (Å²) >= 11 is 0. The van der Waals surface area contributed by atoms with Crippen molar-refractivity contribution in [1.29, 1.82) is 0 Å². The first-order valence-corrected chi connectivity index (χ1v) is 7.45. The van der Waals surface area contributed by atoms with Crippen molar-refractivity contribution in [2.75, 3.05) is 13.2 Å². The molecule has 0 bridgehead atoms. The molecule has 108 valence electrons. The Kier molecular flexibility index (Phi) is 6.93. The van der Waals surface area contributed by atoms with Gasteiger partial charge in [0.25, 0.3) is 0 Å². The lowest BCUT2D eigenvalue weighted by molar-refractivity contribution is 0.228. The Morgan fingerprint density at radius 3 is 2.53 bits per heavy atom. The predicted molar refractivity (Wildman–Crippen MR) is 82.7 cm³/mol. The third-order valence-corrected chi connectivity index (χ3v) is 3.42. The van der Waals surface area contributed by atoms with Gasteiger partial charge in [-0.1, -0.05) is 39.0 Å². The third-order valence-electron chi connectivity index (χ3n) is 3.42. The summed E-state index contributed by atoms with van der Waals surface area (Å²) < 4.78 is 5.74. The fourth-order valence-electron chi connectivity index (χ4n) is 2.61. The summed E-state index contributed by atoms with van der Waals surface area (Å²) in [5.41, 5.74) is 0.377. The van der Waals surface area contributed by atoms with Crippen LogP contribution >= 0.6 is 0 Å². The highest BCUT2D eigenvalue weighted by Gasteiger charge is 2.20. The normalized spacial score (nSPS) is 13.3. The molecule has 0 aliphatic rings. The lowest BCUT2D eigenvalue weighted by Crippen LogP contribution is -2.31. The summed E-state index contributed by atoms with van der Waals surface area (Å²) in [5, 5.41) is 3.49. The van der Waals surface area contributed by atoms with Gasteiger partial charge in [0.15, 0.2) is 0 Å². The summed E-state index contributed by atoms with van der Waals surface area (Å²) in [4.78, 5) is 0. The van der Waals surface area contributed by atoms with E-state index < -0.39 is 0 Å². The van der Waals surface area contributed by atoms with Crippen molar-refractivity contribution in [3.05, 3.63) is 30.3 Å². The van der Waals surface area contributed by atoms with Crippen molar-refractivity contribution in [2.45, 2.75) is 53.0 Å². The molecular formula is C17H29NO. The lowest BCUT2D eigenvalue weighted by atomic mass is 9.82. The summed E-state index contributed by atoms with van der Waals surface area (Å²) in [6, 6.07) is 10.7. The van der Waals surface area contributed by atoms with Crippen LogP contribution in [0.4, 0.5) is 0 Å². The Morgan fingerprint density at radius 1 is 1.21 bits per heavy atom. The highest BCUT2D eigenvalue weighted by atomic mass is 16.5. The van der Waals surface area contributed by atoms with Crippen molar-refractivity contribution >= 4 is 0 Å². The quantitative estimate of drug-likeness (QED) is 0.672. The van der Waals surface area contributed by atoms with Gasteiger partial charge in [-0.25, -0.2) is 0 Å². The van der Waals surface area contributed by atoms with Gasteiger partial charge in [-0.2, -0.15) is 0 Å². The van der Waals surface area contributed by atoms with E-state index >= 15 is 0 Å². The first-order chi connectivity index (χ1) is 9.03. The Hall–Kier alpha value is -1.02. The maximum atomic E-state index is 5.74. The van der Waals surface area contributed by atoms with Crippen molar-refractivity contribution in [3.8, 4) is 5.75 Å². The van der Waals surface area contributed by atoms with E-state index in [1.54, 1.807) is 0 Å². The van der Waals surface area contributed by atoms with Crippen LogP contribution in [0.15, 0.2) is 30.3 Å². The molecule has 1 atom stereocenters. The second-order valence-electron chi connectivity index (χ2n) is 6.09. The molecule has 1 aromatic carbocycles. The largest absolute Gasteiger partial charge is 0.494 e. The number of hydrogen-bond acceptors (Lipinski definition) is 2. The van der Waals surface area contributed by atoms with Crippen molar-refractivity contribution < 1.29 is 4.74 Å². The van der Waals surface area contributed by atoms with Crippen LogP contribution in [-0.2, 0) is 0 Å². The van der Waals surface area contributed by atoms with E-state index in [9.17, 15) is 0 Å². The number of nitrogens with one attached hydrogen (secondary N) is 1. The van der Waals surface area contributed by atoms with Gasteiger partial charge in [0.1, 0.15) is 5.75 Å². The minimum atomic E-state index is 0.377. The fraction of sp³-hybridized carbons (Fsp3) is 0.647. The van der Waals surface area contributed by atoms with Crippen LogP contribution in [-0.4, -0.2) is 19.2 Å². The number of hydrogen-bond donors (Lipinski definition) is 1. The lowest BCUT2D eigenvalue weighted by Gasteiger charge is -2.28. The topological polar surface area (TPSA) is 21.3 Å². The average Bonchev–Trinajstić information content (AvgIpc) is 2.35. The summed E-state index contributed by atoms with van der Waals surface area (Å²) in [7, 11) is 0. The SMILES string of the molecule is CCNC(C)CC(C)(C)CCCOc1ccccc1. The fourth-order valence-corrected chi connectivity index (χ4v) is 2.61. The zero-order chi connectivity index (χ0) is 14.1. The molecule has 0 radical (unpaired) electrons. The second-order valence-corrected chi connectivity index (χ2v) is 6.09. The van der Waals surface area contributed by atoms with Crippen LogP contribution in [0.1, 0.15) is 47.0 Å². The molecule has 1 aromatic rings. The maximum Gasteiger partial charge on any atom is 0.119 e. The molecular weight excluding hydrogens is 234 g/mol. The van der Waals surface area contributed by atoms with Crippen LogP contribution < -0.4 is 10.1 Å². The van der Waals surface area contributed by atoms with Crippen molar-refractivity contribution in [1.82, 2.24) is 5.32 Å². The van der Waals surface area contributed by atoms with Gasteiger partial charge in [-0.3, -0.25) is 0 Å². The van der Waals surface area contributed by atoms with Gasteiger partial charge >= 0.3 is 0 Å². The van der Waals surface area contributed by atoms with Crippen molar-refractivity contribution in [3.63, 3.8) is 0 Å². The van der Waals surface area contributed by atoms with Gasteiger partial charge in [-0.15, -0.1) is 0 Å². The Balaban J connectivity index is 2.20. The van der Waals surface area contributed by atoms with E-state index in [1.165, 1.54) is 12.8 Å². The third kappa shape index (κ3) is 7.22. The van der Waals surface area contributed by atoms with Gasteiger partial charge < -0.3 is 10.1 Å². The number of benzene rings is 1. The first-order valence-electron chi connectivity index (χ1n) is 7.45. The molecule has 0 aliphatic carbocycles. The molecule has 2 heteroatoms. The molecule has 2 nitrogen and oxygen atoms in total. The van der Waals surface area contributed by atoms with Gasteiger partial charge in [0.2, 0.25) is 0 Å². The van der Waals surface area contributed by atoms with Crippen LogP contribution in [0.5, 0.6) is 5.75 Å². The van der Waals surface area contributed by atoms with Crippen LogP contribution in [0.3, 0.4) is 0 Å². The summed E-state index contributed by atoms with van der Waals surface area (Å²) in [6.45, 7) is 11.0. The molecule has 1 unspecified atom stereocenters. The Labute approximate surface area is 118 Å². The number of para-hydroxylation sites is 1. The number of ether oxygens (including phenoxy) is 1. The molecule has 19 heavy (non-hydrogen) atoms. The molecule has 1 N–H and O–H groups in total. The Bertz CT molecular complexity index is 334. The van der Waals surface area contributed by atoms with E-state index in [-0.39, 0.29) is 0 Å².